The number of nitriles is 1. The number of nitrogens with zero attached hydrogens (tertiary/aromatic N) is 3. The standard InChI is InChI=1S/C20H34N.C12H24N2O2P.2C5H10.2C2H6.2Fe.W/c1-2-21(16-20-11-5-17(13-20)6-12-20)15-18-7-10-19(14-18)8-3-4-9-19;1-6-9-15-17(16-10-7-8-13)14(11(2)3)12(4)5;2*1-2-4-5-3-1;2*1-2;;;/h17-18H,1-16H2;11-12H,1,6-7,9-10H2,2-5H3;2*1-5H2;2*1-2H3;;;/q2*-1;;;;;;;+2. The average molecular weight is 1040 g/mol. The first kappa shape index (κ1) is 60.8. The van der Waals surface area contributed by atoms with E-state index in [1.54, 1.807) is 19.3 Å². The van der Waals surface area contributed by atoms with Crippen LogP contribution in [0, 0.1) is 47.8 Å². The fraction of sp³-hybridized carbons (Fsp3) is 0.935. The number of hydrogen-bond donors (Lipinski definition) is 0. The number of fused-ring (bicyclic) bond motifs is 2. The van der Waals surface area contributed by atoms with Crippen molar-refractivity contribution < 1.29 is 64.3 Å². The predicted octanol–water partition coefficient (Wildman–Crippen LogP) is 14.5. The molecule has 2 atom stereocenters. The van der Waals surface area contributed by atoms with Gasteiger partial charge in [-0.25, -0.2) is 4.67 Å². The first-order valence-corrected chi connectivity index (χ1v) is 23.9. The maximum Gasteiger partial charge on any atom is 2.00 e. The molecule has 0 aromatic carbocycles. The SMILES string of the molecule is C1CCCC1.C1CCCC1.CC.CC.[CH2-]CCOP(OCCC#N)N(C(C)C)C(C)C.[CH2-]CN(CC1CCC2(CCCC2)C1)CC12CCC(CC1)C2.[Fe].[Fe].[W+2]. The number of rotatable bonds is 14. The van der Waals surface area contributed by atoms with Gasteiger partial charge in [0.15, 0.2) is 0 Å². The van der Waals surface area contributed by atoms with Crippen molar-refractivity contribution in [1.29, 1.82) is 5.26 Å². The zero-order valence-electron chi connectivity index (χ0n) is 37.5. The Hall–Kier alpha value is 1.49. The predicted molar refractivity (Wildman–Crippen MR) is 229 cm³/mol. The van der Waals surface area contributed by atoms with E-state index in [0.29, 0.717) is 37.1 Å². The van der Waals surface area contributed by atoms with E-state index in [-0.39, 0.29) is 55.2 Å². The van der Waals surface area contributed by atoms with E-state index in [4.69, 9.17) is 14.3 Å². The van der Waals surface area contributed by atoms with Crippen LogP contribution >= 0.6 is 8.53 Å². The van der Waals surface area contributed by atoms with E-state index in [1.165, 1.54) is 135 Å². The summed E-state index contributed by atoms with van der Waals surface area (Å²) >= 11 is 0. The monoisotopic (exact) mass is 1040 g/mol. The molecule has 0 amide bonds. The molecule has 6 fully saturated rings. The number of hydrogen-bond acceptors (Lipinski definition) is 5. The summed E-state index contributed by atoms with van der Waals surface area (Å²) in [5.74, 6) is 2.07. The Labute approximate surface area is 382 Å². The molecule has 0 heterocycles. The molecule has 5 nitrogen and oxygen atoms in total. The third-order valence-corrected chi connectivity index (χ3v) is 14.4. The van der Waals surface area contributed by atoms with Crippen molar-refractivity contribution in [3.63, 3.8) is 0 Å². The van der Waals surface area contributed by atoms with E-state index < -0.39 is 8.53 Å². The van der Waals surface area contributed by atoms with Crippen LogP contribution in [0.4, 0.5) is 0 Å². The van der Waals surface area contributed by atoms with Gasteiger partial charge in [0.2, 0.25) is 0 Å². The molecule has 0 N–H and O–H groups in total. The van der Waals surface area contributed by atoms with Gasteiger partial charge in [-0.15, -0.1) is 6.54 Å². The minimum atomic E-state index is -1.08. The van der Waals surface area contributed by atoms with Crippen molar-refractivity contribution in [2.45, 2.75) is 222 Å². The smallest absolute Gasteiger partial charge is 0.341 e. The van der Waals surface area contributed by atoms with Crippen LogP contribution in [-0.2, 0) is 64.3 Å². The molecule has 9 heteroatoms. The van der Waals surface area contributed by atoms with Gasteiger partial charge < -0.3 is 27.8 Å². The normalized spacial score (nSPS) is 24.3. The molecule has 2 unspecified atom stereocenters. The molecule has 1 spiro atoms. The first-order valence-electron chi connectivity index (χ1n) is 22.8. The molecule has 2 bridgehead atoms. The second-order valence-corrected chi connectivity index (χ2v) is 18.4. The summed E-state index contributed by atoms with van der Waals surface area (Å²) in [6.45, 7) is 29.3. The average Bonchev–Trinajstić information content (AvgIpc) is 4.01. The summed E-state index contributed by atoms with van der Waals surface area (Å²) < 4.78 is 13.6. The Balaban J connectivity index is -0.000000710. The molecule has 6 rings (SSSR count). The van der Waals surface area contributed by atoms with Gasteiger partial charge >= 0.3 is 21.1 Å². The largest absolute Gasteiger partial charge is 2.00 e. The summed E-state index contributed by atoms with van der Waals surface area (Å²) in [6.07, 6.45) is 34.4. The third-order valence-electron chi connectivity index (χ3n) is 12.3. The van der Waals surface area contributed by atoms with Crippen LogP contribution in [0.25, 0.3) is 0 Å². The van der Waals surface area contributed by atoms with E-state index >= 15 is 0 Å². The molecule has 0 radical (unpaired) electrons. The van der Waals surface area contributed by atoms with Crippen LogP contribution < -0.4 is 0 Å². The van der Waals surface area contributed by atoms with E-state index in [0.717, 1.165) is 30.2 Å². The van der Waals surface area contributed by atoms with Gasteiger partial charge in [0.05, 0.1) is 19.1 Å². The molecule has 55 heavy (non-hydrogen) atoms. The Kier molecular flexibility index (Phi) is 41.2. The van der Waals surface area contributed by atoms with Gasteiger partial charge in [0.1, 0.15) is 0 Å². The van der Waals surface area contributed by atoms with E-state index in [9.17, 15) is 0 Å². The molecule has 0 aromatic heterocycles. The maximum atomic E-state index is 8.52. The Morgan fingerprint density at radius 1 is 0.691 bits per heavy atom. The van der Waals surface area contributed by atoms with Gasteiger partial charge in [0.25, 0.3) is 8.53 Å². The molecule has 6 aliphatic carbocycles. The molecule has 6 aliphatic rings. The summed E-state index contributed by atoms with van der Waals surface area (Å²) in [4.78, 5) is 2.74. The van der Waals surface area contributed by atoms with Crippen molar-refractivity contribution in [3.05, 3.63) is 13.8 Å². The fourth-order valence-corrected chi connectivity index (χ4v) is 11.5. The molecule has 6 saturated carbocycles. The molecular weight excluding hydrogens is 953 g/mol. The molecule has 328 valence electrons. The first-order chi connectivity index (χ1) is 25.2. The van der Waals surface area contributed by atoms with E-state index in [2.05, 4.69) is 57.2 Å². The van der Waals surface area contributed by atoms with Crippen LogP contribution in [0.15, 0.2) is 0 Å². The Bertz CT molecular complexity index is 841. The minimum Gasteiger partial charge on any atom is -0.341 e. The van der Waals surface area contributed by atoms with Crippen molar-refractivity contribution >= 4 is 8.53 Å². The summed E-state index contributed by atoms with van der Waals surface area (Å²) in [6, 6.07) is 2.78. The van der Waals surface area contributed by atoms with Crippen molar-refractivity contribution in [2.24, 2.45) is 22.7 Å². The van der Waals surface area contributed by atoms with Crippen LogP contribution in [0.3, 0.4) is 0 Å². The minimum absolute atomic E-state index is 0. The van der Waals surface area contributed by atoms with Gasteiger partial charge in [-0.2, -0.15) is 11.7 Å². The zero-order chi connectivity index (χ0) is 38.7. The van der Waals surface area contributed by atoms with E-state index in [1.807, 2.05) is 27.7 Å². The van der Waals surface area contributed by atoms with Crippen LogP contribution in [0.5, 0.6) is 0 Å². The quantitative estimate of drug-likeness (QED) is 0.0751. The zero-order valence-corrected chi connectivity index (χ0v) is 43.5. The Morgan fingerprint density at radius 2 is 1.16 bits per heavy atom. The van der Waals surface area contributed by atoms with Crippen LogP contribution in [0.2, 0.25) is 0 Å². The van der Waals surface area contributed by atoms with Gasteiger partial charge in [-0.3, -0.25) is 0 Å². The van der Waals surface area contributed by atoms with Crippen LogP contribution in [0.1, 0.15) is 209 Å². The molecule has 0 aliphatic heterocycles. The van der Waals surface area contributed by atoms with Crippen LogP contribution in [-0.4, -0.2) is 54.5 Å². The van der Waals surface area contributed by atoms with Crippen molar-refractivity contribution in [1.82, 2.24) is 9.57 Å². The maximum absolute atomic E-state index is 8.52. The van der Waals surface area contributed by atoms with Crippen molar-refractivity contribution in [2.75, 3.05) is 32.8 Å². The Morgan fingerprint density at radius 3 is 1.55 bits per heavy atom. The topological polar surface area (TPSA) is 48.7 Å². The second kappa shape index (κ2) is 37.3. The molecule has 0 aromatic rings. The van der Waals surface area contributed by atoms with Gasteiger partial charge in [-0.1, -0.05) is 105 Å². The van der Waals surface area contributed by atoms with Crippen molar-refractivity contribution in [3.8, 4) is 6.07 Å². The second-order valence-electron chi connectivity index (χ2n) is 17.0. The molecule has 0 saturated heterocycles. The third kappa shape index (κ3) is 24.5. The molecular formula is C46H90Fe2N3O2PW. The van der Waals surface area contributed by atoms with Gasteiger partial charge in [-0.05, 0) is 121 Å². The summed E-state index contributed by atoms with van der Waals surface area (Å²) in [7, 11) is -1.08. The fourth-order valence-electron chi connectivity index (χ4n) is 9.89. The summed E-state index contributed by atoms with van der Waals surface area (Å²) in [5.41, 5.74) is 1.51. The summed E-state index contributed by atoms with van der Waals surface area (Å²) in [5, 5.41) is 8.52. The van der Waals surface area contributed by atoms with Gasteiger partial charge in [0, 0.05) is 59.4 Å².